The normalized spacial score (nSPS) is 10.3. The van der Waals surface area contributed by atoms with Crippen molar-refractivity contribution in [2.24, 2.45) is 0 Å². The Kier molecular flexibility index (Phi) is 3.45. The molecule has 5 heteroatoms. The Bertz CT molecular complexity index is 626. The average molecular weight is 282 g/mol. The molecule has 18 heavy (non-hydrogen) atoms. The fourth-order valence-electron chi connectivity index (χ4n) is 1.57. The number of hydrogen-bond acceptors (Lipinski definition) is 3. The molecule has 0 atom stereocenters. The van der Waals surface area contributed by atoms with Gasteiger partial charge in [-0.2, -0.15) is 0 Å². The van der Waals surface area contributed by atoms with E-state index in [2.05, 4.69) is 0 Å². The molecule has 0 aromatic heterocycles. The SMILES string of the molecule is Nc1cccc(C(=O)c2cc(Cl)cc(Cl)c2O)c1. The van der Waals surface area contributed by atoms with Crippen molar-refractivity contribution in [2.45, 2.75) is 0 Å². The molecule has 0 aliphatic rings. The van der Waals surface area contributed by atoms with Gasteiger partial charge in [0.2, 0.25) is 0 Å². The third-order valence-electron chi connectivity index (χ3n) is 2.42. The standard InChI is InChI=1S/C13H9Cl2NO2/c14-8-5-10(13(18)11(15)6-8)12(17)7-2-1-3-9(16)4-7/h1-6,18H,16H2. The van der Waals surface area contributed by atoms with Crippen LogP contribution in [-0.2, 0) is 0 Å². The van der Waals surface area contributed by atoms with Gasteiger partial charge in [-0.1, -0.05) is 35.3 Å². The second-order valence-corrected chi connectivity index (χ2v) is 4.58. The van der Waals surface area contributed by atoms with E-state index in [4.69, 9.17) is 28.9 Å². The molecule has 0 aliphatic heterocycles. The second-order valence-electron chi connectivity index (χ2n) is 3.74. The molecule has 0 saturated heterocycles. The highest BCUT2D eigenvalue weighted by Crippen LogP contribution is 2.32. The predicted octanol–water partition coefficient (Wildman–Crippen LogP) is 3.51. The third kappa shape index (κ3) is 2.42. The largest absolute Gasteiger partial charge is 0.506 e. The molecule has 0 heterocycles. The minimum Gasteiger partial charge on any atom is -0.506 e. The van der Waals surface area contributed by atoms with Gasteiger partial charge in [0, 0.05) is 16.3 Å². The zero-order valence-corrected chi connectivity index (χ0v) is 10.7. The highest BCUT2D eigenvalue weighted by Gasteiger charge is 2.17. The van der Waals surface area contributed by atoms with E-state index in [9.17, 15) is 9.90 Å². The lowest BCUT2D eigenvalue weighted by molar-refractivity contribution is 0.103. The minimum absolute atomic E-state index is 0.0368. The lowest BCUT2D eigenvalue weighted by atomic mass is 10.0. The molecule has 2 aromatic carbocycles. The summed E-state index contributed by atoms with van der Waals surface area (Å²) in [5, 5.41) is 10.1. The summed E-state index contributed by atoms with van der Waals surface area (Å²) in [6.45, 7) is 0. The highest BCUT2D eigenvalue weighted by molar-refractivity contribution is 6.36. The first-order chi connectivity index (χ1) is 8.49. The summed E-state index contributed by atoms with van der Waals surface area (Å²) in [6, 6.07) is 9.19. The second kappa shape index (κ2) is 4.88. The summed E-state index contributed by atoms with van der Waals surface area (Å²) in [5.74, 6) is -0.669. The van der Waals surface area contributed by atoms with Crippen molar-refractivity contribution in [1.82, 2.24) is 0 Å². The van der Waals surface area contributed by atoms with E-state index in [1.165, 1.54) is 18.2 Å². The van der Waals surface area contributed by atoms with Crippen molar-refractivity contribution in [3.63, 3.8) is 0 Å². The fourth-order valence-corrected chi connectivity index (χ4v) is 2.07. The van der Waals surface area contributed by atoms with Crippen LogP contribution in [0.5, 0.6) is 5.75 Å². The zero-order chi connectivity index (χ0) is 13.3. The summed E-state index contributed by atoms with van der Waals surface area (Å²) in [4.78, 5) is 12.2. The van der Waals surface area contributed by atoms with E-state index in [1.54, 1.807) is 18.2 Å². The summed E-state index contributed by atoms with van der Waals surface area (Å²) in [6.07, 6.45) is 0. The monoisotopic (exact) mass is 281 g/mol. The van der Waals surface area contributed by atoms with Gasteiger partial charge in [0.1, 0.15) is 5.75 Å². The van der Waals surface area contributed by atoms with Gasteiger partial charge >= 0.3 is 0 Å². The quantitative estimate of drug-likeness (QED) is 0.654. The fraction of sp³-hybridized carbons (Fsp3) is 0. The number of benzene rings is 2. The molecule has 0 aliphatic carbocycles. The maximum atomic E-state index is 12.2. The first-order valence-corrected chi connectivity index (χ1v) is 5.83. The maximum Gasteiger partial charge on any atom is 0.196 e. The van der Waals surface area contributed by atoms with Crippen molar-refractivity contribution in [3.05, 3.63) is 57.6 Å². The molecule has 92 valence electrons. The molecule has 0 bridgehead atoms. The van der Waals surface area contributed by atoms with Crippen molar-refractivity contribution in [3.8, 4) is 5.75 Å². The Morgan fingerprint density at radius 1 is 1.17 bits per heavy atom. The lowest BCUT2D eigenvalue weighted by Crippen LogP contribution is -2.02. The third-order valence-corrected chi connectivity index (χ3v) is 2.93. The lowest BCUT2D eigenvalue weighted by Gasteiger charge is -2.07. The van der Waals surface area contributed by atoms with Crippen LogP contribution in [0.4, 0.5) is 5.69 Å². The number of hydrogen-bond donors (Lipinski definition) is 2. The van der Waals surface area contributed by atoms with Gasteiger partial charge in [-0.15, -0.1) is 0 Å². The van der Waals surface area contributed by atoms with E-state index >= 15 is 0 Å². The molecule has 0 fully saturated rings. The number of carbonyl (C=O) groups is 1. The zero-order valence-electron chi connectivity index (χ0n) is 9.15. The van der Waals surface area contributed by atoms with Gasteiger partial charge in [0.05, 0.1) is 10.6 Å². The Labute approximate surface area is 114 Å². The van der Waals surface area contributed by atoms with Crippen molar-refractivity contribution >= 4 is 34.7 Å². The summed E-state index contributed by atoms with van der Waals surface area (Å²) >= 11 is 11.6. The first-order valence-electron chi connectivity index (χ1n) is 5.07. The number of phenols is 1. The van der Waals surface area contributed by atoms with Crippen LogP contribution < -0.4 is 5.73 Å². The molecule has 3 nitrogen and oxygen atoms in total. The number of nitrogens with two attached hydrogens (primary N) is 1. The van der Waals surface area contributed by atoms with Crippen LogP contribution in [0.1, 0.15) is 15.9 Å². The van der Waals surface area contributed by atoms with Gasteiger partial charge in [0.25, 0.3) is 0 Å². The molecule has 0 spiro atoms. The van der Waals surface area contributed by atoms with Crippen LogP contribution in [0, 0.1) is 0 Å². The number of ketones is 1. The van der Waals surface area contributed by atoms with Crippen LogP contribution in [0.25, 0.3) is 0 Å². The van der Waals surface area contributed by atoms with E-state index in [0.29, 0.717) is 11.3 Å². The molecule has 0 radical (unpaired) electrons. The molecule has 2 aromatic rings. The van der Waals surface area contributed by atoms with E-state index in [1.807, 2.05) is 0 Å². The van der Waals surface area contributed by atoms with Crippen LogP contribution in [-0.4, -0.2) is 10.9 Å². The van der Waals surface area contributed by atoms with E-state index in [-0.39, 0.29) is 27.1 Å². The Morgan fingerprint density at radius 3 is 2.56 bits per heavy atom. The molecule has 2 rings (SSSR count). The van der Waals surface area contributed by atoms with Crippen LogP contribution >= 0.6 is 23.2 Å². The summed E-state index contributed by atoms with van der Waals surface area (Å²) in [7, 11) is 0. The van der Waals surface area contributed by atoms with Crippen molar-refractivity contribution < 1.29 is 9.90 Å². The van der Waals surface area contributed by atoms with Crippen LogP contribution in [0.2, 0.25) is 10.0 Å². The topological polar surface area (TPSA) is 63.3 Å². The number of nitrogen functional groups attached to an aromatic ring is 1. The van der Waals surface area contributed by atoms with Gasteiger partial charge in [-0.3, -0.25) is 4.79 Å². The number of halogens is 2. The van der Waals surface area contributed by atoms with E-state index in [0.717, 1.165) is 0 Å². The smallest absolute Gasteiger partial charge is 0.196 e. The minimum atomic E-state index is -0.385. The van der Waals surface area contributed by atoms with E-state index < -0.39 is 0 Å². The molecule has 0 saturated carbocycles. The molecular formula is C13H9Cl2NO2. The molecule has 0 unspecified atom stereocenters. The maximum absolute atomic E-state index is 12.2. The average Bonchev–Trinajstić information content (AvgIpc) is 2.33. The van der Waals surface area contributed by atoms with Gasteiger partial charge in [0.15, 0.2) is 5.78 Å². The van der Waals surface area contributed by atoms with Crippen LogP contribution in [0.15, 0.2) is 36.4 Å². The molecule has 0 amide bonds. The Balaban J connectivity index is 2.53. The van der Waals surface area contributed by atoms with Gasteiger partial charge in [-0.05, 0) is 24.3 Å². The first kappa shape index (κ1) is 12.7. The number of aromatic hydroxyl groups is 1. The van der Waals surface area contributed by atoms with Gasteiger partial charge in [-0.25, -0.2) is 0 Å². The summed E-state index contributed by atoms with van der Waals surface area (Å²) < 4.78 is 0. The number of rotatable bonds is 2. The van der Waals surface area contributed by atoms with Crippen LogP contribution in [0.3, 0.4) is 0 Å². The molecule has 3 N–H and O–H groups in total. The van der Waals surface area contributed by atoms with Crippen molar-refractivity contribution in [1.29, 1.82) is 0 Å². The summed E-state index contributed by atoms with van der Waals surface area (Å²) in [5.41, 5.74) is 6.49. The Hall–Kier alpha value is -1.71. The molecular weight excluding hydrogens is 273 g/mol. The Morgan fingerprint density at radius 2 is 1.89 bits per heavy atom. The van der Waals surface area contributed by atoms with Gasteiger partial charge < -0.3 is 10.8 Å². The number of anilines is 1. The highest BCUT2D eigenvalue weighted by atomic mass is 35.5. The van der Waals surface area contributed by atoms with Crippen molar-refractivity contribution in [2.75, 3.05) is 5.73 Å². The number of carbonyl (C=O) groups excluding carboxylic acids is 1. The predicted molar refractivity (Wildman–Crippen MR) is 72.4 cm³/mol. The number of phenolic OH excluding ortho intramolecular Hbond substituents is 1.